The highest BCUT2D eigenvalue weighted by Gasteiger charge is 2.43. The number of hydrogen-bond acceptors (Lipinski definition) is 0. The molecule has 0 spiro atoms. The monoisotopic (exact) mass is 556 g/mol. The third-order valence-corrected chi connectivity index (χ3v) is 11.0. The van der Waals surface area contributed by atoms with Gasteiger partial charge in [0.05, 0.1) is 6.16 Å². The van der Waals surface area contributed by atoms with E-state index >= 15 is 0 Å². The van der Waals surface area contributed by atoms with Crippen molar-refractivity contribution in [2.45, 2.75) is 57.8 Å². The summed E-state index contributed by atoms with van der Waals surface area (Å²) < 4.78 is 0. The number of unbranched alkanes of at least 4 members (excludes halogenated alkanes) is 8. The molecule has 0 radical (unpaired) electrons. The smallest absolute Gasteiger partial charge is 0.115 e. The van der Waals surface area contributed by atoms with E-state index in [1.54, 1.807) is 0 Å². The molecular formula is C31H39BrClP. The van der Waals surface area contributed by atoms with Crippen molar-refractivity contribution >= 4 is 34.8 Å². The van der Waals surface area contributed by atoms with Gasteiger partial charge in [-0.3, -0.25) is 0 Å². The predicted octanol–water partition coefficient (Wildman–Crippen LogP) is 5.29. The predicted molar refractivity (Wildman–Crippen MR) is 151 cm³/mol. The molecule has 3 heteroatoms. The van der Waals surface area contributed by atoms with Crippen LogP contribution >= 0.6 is 18.9 Å². The maximum absolute atomic E-state index is 5.75. The van der Waals surface area contributed by atoms with E-state index in [1.807, 2.05) is 0 Å². The summed E-state index contributed by atoms with van der Waals surface area (Å²) in [5.74, 6) is 0.814. The molecule has 0 saturated carbocycles. The molecule has 0 aliphatic heterocycles. The zero-order valence-electron chi connectivity index (χ0n) is 20.3. The van der Waals surface area contributed by atoms with Gasteiger partial charge >= 0.3 is 0 Å². The summed E-state index contributed by atoms with van der Waals surface area (Å²) in [6.45, 7) is 0. The Balaban J connectivity index is 0.00000408. The van der Waals surface area contributed by atoms with Gasteiger partial charge in [0.25, 0.3) is 0 Å². The molecule has 0 aromatic heterocycles. The van der Waals surface area contributed by atoms with E-state index in [2.05, 4.69) is 103 Å². The highest BCUT2D eigenvalue weighted by Crippen LogP contribution is 2.55. The molecule has 0 N–H and O–H groups in total. The largest absolute Gasteiger partial charge is 1.00 e. The standard InChI is InChI=1S/C31H39ClP.BrH/c32-27-19-8-6-4-2-1-3-5-7-9-20-28-33(29-21-13-10-14-22-29,30-23-15-11-16-24-30)31-25-17-12-18-26-31;/h9-18,20-26H,1-8,19,27-28H2;1H/q+1;/p-1. The van der Waals surface area contributed by atoms with E-state index in [1.165, 1.54) is 73.7 Å². The summed E-state index contributed by atoms with van der Waals surface area (Å²) in [4.78, 5) is 0. The summed E-state index contributed by atoms with van der Waals surface area (Å²) in [7, 11) is -1.73. The van der Waals surface area contributed by atoms with Crippen LogP contribution in [0.4, 0.5) is 0 Å². The number of rotatable bonds is 15. The van der Waals surface area contributed by atoms with Crippen molar-refractivity contribution in [3.05, 3.63) is 103 Å². The number of hydrogen-bond donors (Lipinski definition) is 0. The summed E-state index contributed by atoms with van der Waals surface area (Å²) in [6, 6.07) is 33.5. The highest BCUT2D eigenvalue weighted by atomic mass is 79.9. The molecule has 0 bridgehead atoms. The molecule has 3 aromatic rings. The first-order valence-corrected chi connectivity index (χ1v) is 15.1. The van der Waals surface area contributed by atoms with Gasteiger partial charge in [-0.1, -0.05) is 105 Å². The zero-order chi connectivity index (χ0) is 23.0. The summed E-state index contributed by atoms with van der Waals surface area (Å²) in [6.07, 6.45) is 17.7. The van der Waals surface area contributed by atoms with E-state index in [9.17, 15) is 0 Å². The number of benzene rings is 3. The van der Waals surface area contributed by atoms with Crippen LogP contribution in [0.5, 0.6) is 0 Å². The fraction of sp³-hybridized carbons (Fsp3) is 0.355. The first-order chi connectivity index (χ1) is 16.4. The van der Waals surface area contributed by atoms with Crippen LogP contribution in [0.1, 0.15) is 57.8 Å². The van der Waals surface area contributed by atoms with Gasteiger partial charge in [-0.2, -0.15) is 0 Å². The lowest BCUT2D eigenvalue weighted by atomic mass is 10.1. The number of halogens is 2. The molecule has 3 aromatic carbocycles. The maximum atomic E-state index is 5.75. The molecule has 0 amide bonds. The van der Waals surface area contributed by atoms with Gasteiger partial charge in [0.15, 0.2) is 0 Å². The van der Waals surface area contributed by atoms with E-state index in [-0.39, 0.29) is 17.0 Å². The first kappa shape index (κ1) is 28.8. The zero-order valence-corrected chi connectivity index (χ0v) is 23.5. The molecule has 0 heterocycles. The number of alkyl halides is 1. The number of allylic oxidation sites excluding steroid dienone is 2. The van der Waals surface area contributed by atoms with Gasteiger partial charge in [-0.15, -0.1) is 11.6 Å². The average molecular weight is 558 g/mol. The minimum Gasteiger partial charge on any atom is -1.00 e. The second-order valence-electron chi connectivity index (χ2n) is 8.78. The van der Waals surface area contributed by atoms with E-state index in [0.717, 1.165) is 12.0 Å². The van der Waals surface area contributed by atoms with Crippen LogP contribution in [0, 0.1) is 0 Å². The van der Waals surface area contributed by atoms with Crippen molar-refractivity contribution in [3.63, 3.8) is 0 Å². The fourth-order valence-corrected chi connectivity index (χ4v) is 8.80. The minimum absolute atomic E-state index is 0. The van der Waals surface area contributed by atoms with Crippen molar-refractivity contribution in [3.8, 4) is 0 Å². The molecule has 34 heavy (non-hydrogen) atoms. The van der Waals surface area contributed by atoms with Crippen LogP contribution in [0.15, 0.2) is 103 Å². The molecule has 0 unspecified atom stereocenters. The molecule has 0 nitrogen and oxygen atoms in total. The van der Waals surface area contributed by atoms with Gasteiger partial charge in [0.2, 0.25) is 0 Å². The van der Waals surface area contributed by atoms with Crippen molar-refractivity contribution in [1.82, 2.24) is 0 Å². The quantitative estimate of drug-likeness (QED) is 0.103. The van der Waals surface area contributed by atoms with E-state index in [0.29, 0.717) is 0 Å². The van der Waals surface area contributed by atoms with Gasteiger partial charge in [-0.25, -0.2) is 0 Å². The lowest BCUT2D eigenvalue weighted by molar-refractivity contribution is -0.00000654. The second-order valence-corrected chi connectivity index (χ2v) is 12.7. The Bertz CT molecular complexity index is 815. The van der Waals surface area contributed by atoms with Crippen LogP contribution in [-0.2, 0) is 0 Å². The fourth-order valence-electron chi connectivity index (χ4n) is 4.58. The topological polar surface area (TPSA) is 0 Å². The summed E-state index contributed by atoms with van der Waals surface area (Å²) >= 11 is 5.75. The van der Waals surface area contributed by atoms with Crippen LogP contribution in [-0.4, -0.2) is 12.0 Å². The van der Waals surface area contributed by atoms with Crippen molar-refractivity contribution in [1.29, 1.82) is 0 Å². The first-order valence-electron chi connectivity index (χ1n) is 12.6. The lowest BCUT2D eigenvalue weighted by Gasteiger charge is -2.26. The van der Waals surface area contributed by atoms with Crippen molar-refractivity contribution in [2.75, 3.05) is 12.0 Å². The van der Waals surface area contributed by atoms with E-state index in [4.69, 9.17) is 11.6 Å². The van der Waals surface area contributed by atoms with Gasteiger partial charge in [-0.05, 0) is 55.7 Å². The SMILES string of the molecule is ClCCCCCCCCCCC=CC[P+](c1ccccc1)(c1ccccc1)c1ccccc1.[Br-]. The molecule has 0 saturated heterocycles. The van der Waals surface area contributed by atoms with Crippen LogP contribution in [0.3, 0.4) is 0 Å². The molecule has 0 aliphatic rings. The van der Waals surface area contributed by atoms with Gasteiger partial charge < -0.3 is 17.0 Å². The van der Waals surface area contributed by atoms with Crippen LogP contribution in [0.25, 0.3) is 0 Å². The Morgan fingerprint density at radius 2 is 0.882 bits per heavy atom. The van der Waals surface area contributed by atoms with Gasteiger partial charge in [0.1, 0.15) is 23.2 Å². The Labute approximate surface area is 224 Å². The second kappa shape index (κ2) is 17.1. The Morgan fingerprint density at radius 3 is 1.29 bits per heavy atom. The van der Waals surface area contributed by atoms with E-state index < -0.39 is 7.26 Å². The summed E-state index contributed by atoms with van der Waals surface area (Å²) in [5.41, 5.74) is 0. The Hall–Kier alpha value is -1.40. The molecule has 182 valence electrons. The lowest BCUT2D eigenvalue weighted by Crippen LogP contribution is -3.00. The minimum atomic E-state index is -1.73. The van der Waals surface area contributed by atoms with Crippen LogP contribution < -0.4 is 32.9 Å². The molecule has 3 rings (SSSR count). The van der Waals surface area contributed by atoms with Crippen LogP contribution in [0.2, 0.25) is 0 Å². The maximum Gasteiger partial charge on any atom is 0.115 e. The third-order valence-electron chi connectivity index (χ3n) is 6.39. The molecule has 0 atom stereocenters. The third kappa shape index (κ3) is 8.67. The molecular weight excluding hydrogens is 519 g/mol. The normalized spacial score (nSPS) is 11.4. The summed E-state index contributed by atoms with van der Waals surface area (Å²) in [5, 5.41) is 4.38. The van der Waals surface area contributed by atoms with Gasteiger partial charge in [0, 0.05) is 5.88 Å². The molecule has 0 fully saturated rings. The Kier molecular flexibility index (Phi) is 14.5. The van der Waals surface area contributed by atoms with Crippen molar-refractivity contribution < 1.29 is 17.0 Å². The highest BCUT2D eigenvalue weighted by molar-refractivity contribution is 7.95. The average Bonchev–Trinajstić information content (AvgIpc) is 2.89. The molecule has 0 aliphatic carbocycles. The Morgan fingerprint density at radius 1 is 0.500 bits per heavy atom. The van der Waals surface area contributed by atoms with Crippen molar-refractivity contribution in [2.24, 2.45) is 0 Å².